The predicted octanol–water partition coefficient (Wildman–Crippen LogP) is 4.33. The lowest BCUT2D eigenvalue weighted by Gasteiger charge is -2.24. The molecule has 9 heteroatoms. The van der Waals surface area contributed by atoms with E-state index in [1.165, 1.54) is 5.56 Å². The molecule has 2 unspecified atom stereocenters. The van der Waals surface area contributed by atoms with E-state index in [4.69, 9.17) is 19.2 Å². The van der Waals surface area contributed by atoms with Crippen molar-refractivity contribution < 1.29 is 28.5 Å². The first-order chi connectivity index (χ1) is 18.5. The Morgan fingerprint density at radius 3 is 2.79 bits per heavy atom. The van der Waals surface area contributed by atoms with Gasteiger partial charge in [0.2, 0.25) is 0 Å². The maximum absolute atomic E-state index is 12.7. The Labute approximate surface area is 224 Å². The fourth-order valence-corrected chi connectivity index (χ4v) is 5.38. The minimum atomic E-state index is -0.852. The zero-order valence-corrected chi connectivity index (χ0v) is 22.3. The van der Waals surface area contributed by atoms with Crippen LogP contribution in [0.15, 0.2) is 30.3 Å². The highest BCUT2D eigenvalue weighted by atomic mass is 19.1. The van der Waals surface area contributed by atoms with Gasteiger partial charge >= 0.3 is 5.97 Å². The second kappa shape index (κ2) is 14.3. The number of fused-ring (bicyclic) bond motifs is 1. The third-order valence-corrected chi connectivity index (χ3v) is 7.31. The number of nitrogens with zero attached hydrogens (tertiary/aromatic N) is 2. The number of hydrogen-bond donors (Lipinski definition) is 2. The molecule has 3 heterocycles. The van der Waals surface area contributed by atoms with E-state index >= 15 is 0 Å². The van der Waals surface area contributed by atoms with Crippen molar-refractivity contribution in [2.24, 2.45) is 5.92 Å². The first kappa shape index (κ1) is 28.1. The largest absolute Gasteiger partial charge is 0.491 e. The first-order valence-corrected chi connectivity index (χ1v) is 13.7. The van der Waals surface area contributed by atoms with Crippen molar-refractivity contribution in [2.45, 2.75) is 44.4 Å². The summed E-state index contributed by atoms with van der Waals surface area (Å²) in [5, 5.41) is 13.1. The third-order valence-electron chi connectivity index (χ3n) is 7.31. The van der Waals surface area contributed by atoms with Crippen LogP contribution in [0, 0.1) is 5.92 Å². The predicted molar refractivity (Wildman–Crippen MR) is 144 cm³/mol. The Balaban J connectivity index is 1.38. The molecule has 38 heavy (non-hydrogen) atoms. The third kappa shape index (κ3) is 8.30. The summed E-state index contributed by atoms with van der Waals surface area (Å²) >= 11 is 0. The first-order valence-electron chi connectivity index (χ1n) is 13.7. The summed E-state index contributed by atoms with van der Waals surface area (Å²) in [6.07, 6.45) is 5.35. The number of nitrogens with one attached hydrogen (secondary N) is 1. The van der Waals surface area contributed by atoms with Crippen LogP contribution >= 0.6 is 0 Å². The van der Waals surface area contributed by atoms with Crippen molar-refractivity contribution in [3.05, 3.63) is 47.2 Å². The molecule has 2 N–H and O–H groups in total. The zero-order valence-electron chi connectivity index (χ0n) is 22.3. The lowest BCUT2D eigenvalue weighted by Crippen LogP contribution is -2.28. The highest BCUT2D eigenvalue weighted by molar-refractivity contribution is 5.68. The monoisotopic (exact) mass is 529 g/mol. The summed E-state index contributed by atoms with van der Waals surface area (Å²) in [7, 11) is 1.60. The number of ether oxygens (including phenoxy) is 3. The van der Waals surface area contributed by atoms with Crippen molar-refractivity contribution in [2.75, 3.05) is 65.1 Å². The van der Waals surface area contributed by atoms with Crippen LogP contribution in [-0.2, 0) is 22.4 Å². The second-order valence-electron chi connectivity index (χ2n) is 10.2. The molecular weight excluding hydrogens is 489 g/mol. The van der Waals surface area contributed by atoms with E-state index in [-0.39, 0.29) is 18.9 Å². The van der Waals surface area contributed by atoms with Gasteiger partial charge < -0.3 is 29.5 Å². The van der Waals surface area contributed by atoms with Gasteiger partial charge in [0.1, 0.15) is 37.2 Å². The van der Waals surface area contributed by atoms with Gasteiger partial charge in [-0.15, -0.1) is 0 Å². The molecule has 1 aromatic carbocycles. The fourth-order valence-electron chi connectivity index (χ4n) is 5.38. The maximum Gasteiger partial charge on any atom is 0.304 e. The highest BCUT2D eigenvalue weighted by Gasteiger charge is 2.27. The Hall–Kier alpha value is -2.91. The van der Waals surface area contributed by atoms with Gasteiger partial charge in [-0.25, -0.2) is 9.37 Å². The Morgan fingerprint density at radius 1 is 1.21 bits per heavy atom. The normalized spacial score (nSPS) is 18.0. The number of rotatable bonds is 15. The van der Waals surface area contributed by atoms with Gasteiger partial charge in [0.05, 0.1) is 13.0 Å². The molecule has 0 amide bonds. The molecule has 1 fully saturated rings. The molecular formula is C29H40FN3O5. The smallest absolute Gasteiger partial charge is 0.304 e. The van der Waals surface area contributed by atoms with Crippen LogP contribution < -0.4 is 14.8 Å². The van der Waals surface area contributed by atoms with Gasteiger partial charge in [-0.2, -0.15) is 0 Å². The Morgan fingerprint density at radius 2 is 2.03 bits per heavy atom. The van der Waals surface area contributed by atoms with E-state index in [0.29, 0.717) is 37.2 Å². The zero-order chi connectivity index (χ0) is 26.7. The molecule has 0 spiro atoms. The van der Waals surface area contributed by atoms with E-state index in [9.17, 15) is 14.3 Å². The molecule has 208 valence electrons. The number of aliphatic carboxylic acids is 1. The molecule has 1 saturated heterocycles. The number of alkyl halides is 1. The molecule has 0 radical (unpaired) electrons. The average Bonchev–Trinajstić information content (AvgIpc) is 3.37. The van der Waals surface area contributed by atoms with E-state index in [1.54, 1.807) is 13.2 Å². The molecule has 2 atom stereocenters. The number of aromatic nitrogens is 1. The minimum absolute atomic E-state index is 0.00269. The van der Waals surface area contributed by atoms with Crippen molar-refractivity contribution in [3.63, 3.8) is 0 Å². The highest BCUT2D eigenvalue weighted by Crippen LogP contribution is 2.32. The number of likely N-dealkylation sites (tertiary alicyclic amines) is 1. The van der Waals surface area contributed by atoms with E-state index < -0.39 is 12.6 Å². The summed E-state index contributed by atoms with van der Waals surface area (Å²) < 4.78 is 29.1. The minimum Gasteiger partial charge on any atom is -0.491 e. The molecule has 1 aromatic heterocycles. The molecule has 8 nitrogen and oxygen atoms in total. The van der Waals surface area contributed by atoms with Gasteiger partial charge in [-0.3, -0.25) is 4.79 Å². The van der Waals surface area contributed by atoms with Crippen molar-refractivity contribution >= 4 is 11.8 Å². The molecule has 4 rings (SSSR count). The van der Waals surface area contributed by atoms with Crippen LogP contribution in [0.2, 0.25) is 0 Å². The molecule has 0 bridgehead atoms. The molecule has 2 aliphatic rings. The maximum atomic E-state index is 12.7. The number of pyridine rings is 1. The number of carboxylic acid groups (broad SMARTS) is 1. The van der Waals surface area contributed by atoms with Gasteiger partial charge in [0.15, 0.2) is 0 Å². The Bertz CT molecular complexity index is 1050. The van der Waals surface area contributed by atoms with Crippen LogP contribution in [-0.4, -0.2) is 80.7 Å². The number of benzene rings is 1. The SMILES string of the molecule is COCCOc1cc(OCCF)cc(C(CC(=O)O)CN2CCC(CCc3ccc4c(n3)NCCC4)C2)c1. The van der Waals surface area contributed by atoms with Gasteiger partial charge in [0, 0.05) is 44.4 Å². The average molecular weight is 530 g/mol. The number of anilines is 1. The number of methoxy groups -OCH3 is 1. The number of carboxylic acids is 1. The quantitative estimate of drug-likeness (QED) is 0.330. The summed E-state index contributed by atoms with van der Waals surface area (Å²) in [4.78, 5) is 19.0. The van der Waals surface area contributed by atoms with Crippen LogP contribution in [0.5, 0.6) is 11.5 Å². The van der Waals surface area contributed by atoms with Gasteiger partial charge in [-0.05, 0) is 73.9 Å². The summed E-state index contributed by atoms with van der Waals surface area (Å²) in [5.74, 6) is 1.55. The number of halogens is 1. The lowest BCUT2D eigenvalue weighted by atomic mass is 9.94. The molecule has 0 saturated carbocycles. The number of aryl methyl sites for hydroxylation is 2. The van der Waals surface area contributed by atoms with Crippen molar-refractivity contribution in [1.29, 1.82) is 0 Å². The second-order valence-corrected chi connectivity index (χ2v) is 10.2. The van der Waals surface area contributed by atoms with Crippen LogP contribution in [0.25, 0.3) is 0 Å². The van der Waals surface area contributed by atoms with Crippen LogP contribution in [0.1, 0.15) is 48.4 Å². The van der Waals surface area contributed by atoms with Crippen LogP contribution in [0.3, 0.4) is 0 Å². The lowest BCUT2D eigenvalue weighted by molar-refractivity contribution is -0.137. The van der Waals surface area contributed by atoms with Gasteiger partial charge in [0.25, 0.3) is 0 Å². The standard InChI is InChI=1S/C29H40FN3O5/c1-36-13-14-38-27-16-23(15-26(18-27)37-12-9-30)24(17-28(34)35)20-33-11-8-21(19-33)4-6-25-7-5-22-3-2-10-31-29(22)32-25/h5,7,15-16,18,21,24H,2-4,6,8-14,17,19-20H2,1H3,(H,31,32)(H,34,35). The summed E-state index contributed by atoms with van der Waals surface area (Å²) in [6, 6.07) is 9.76. The summed E-state index contributed by atoms with van der Waals surface area (Å²) in [5.41, 5.74) is 3.26. The van der Waals surface area contributed by atoms with E-state index in [1.807, 2.05) is 12.1 Å². The molecule has 2 aromatic rings. The van der Waals surface area contributed by atoms with Gasteiger partial charge in [-0.1, -0.05) is 6.07 Å². The Kier molecular flexibility index (Phi) is 10.6. The van der Waals surface area contributed by atoms with E-state index in [2.05, 4.69) is 22.3 Å². The summed E-state index contributed by atoms with van der Waals surface area (Å²) in [6.45, 7) is 3.62. The fraction of sp³-hybridized carbons (Fsp3) is 0.586. The number of carbonyl (C=O) groups is 1. The van der Waals surface area contributed by atoms with Crippen molar-refractivity contribution in [3.8, 4) is 11.5 Å². The molecule has 2 aliphatic heterocycles. The van der Waals surface area contributed by atoms with Crippen molar-refractivity contribution in [1.82, 2.24) is 9.88 Å². The molecule has 0 aliphatic carbocycles. The number of hydrogen-bond acceptors (Lipinski definition) is 7. The topological polar surface area (TPSA) is 93.2 Å². The van der Waals surface area contributed by atoms with Crippen LogP contribution in [0.4, 0.5) is 10.2 Å². The van der Waals surface area contributed by atoms with E-state index in [0.717, 1.165) is 68.8 Å².